The zero-order chi connectivity index (χ0) is 15.1. The van der Waals surface area contributed by atoms with Crippen LogP contribution in [0.5, 0.6) is 0 Å². The molecule has 0 aromatic rings. The van der Waals surface area contributed by atoms with Gasteiger partial charge in [-0.3, -0.25) is 0 Å². The Hall–Kier alpha value is -0.0400. The summed E-state index contributed by atoms with van der Waals surface area (Å²) >= 11 is 0. The summed E-state index contributed by atoms with van der Waals surface area (Å²) in [7, 11) is 0. The summed E-state index contributed by atoms with van der Waals surface area (Å²) in [6.07, 6.45) is 19.2. The molecule has 0 fully saturated rings. The fraction of sp³-hybridized carbons (Fsp3) is 1.00. The molecule has 0 spiro atoms. The molecule has 1 nitrogen and oxygen atoms in total. The minimum atomic E-state index is 0.377. The van der Waals surface area contributed by atoms with Gasteiger partial charge in [-0.25, -0.2) is 0 Å². The van der Waals surface area contributed by atoms with Gasteiger partial charge in [-0.05, 0) is 27.2 Å². The predicted molar refractivity (Wildman–Crippen MR) is 91.4 cm³/mol. The van der Waals surface area contributed by atoms with Gasteiger partial charge in [-0.15, -0.1) is 0 Å². The highest BCUT2D eigenvalue weighted by molar-refractivity contribution is 4.54. The van der Waals surface area contributed by atoms with Crippen LogP contribution in [0.15, 0.2) is 0 Å². The van der Waals surface area contributed by atoms with E-state index in [1.807, 2.05) is 0 Å². The van der Waals surface area contributed by atoms with Crippen molar-refractivity contribution >= 4 is 0 Å². The Morgan fingerprint density at radius 1 is 0.600 bits per heavy atom. The van der Waals surface area contributed by atoms with Crippen LogP contribution < -0.4 is 0 Å². The van der Waals surface area contributed by atoms with E-state index in [9.17, 15) is 0 Å². The summed E-state index contributed by atoms with van der Waals surface area (Å²) in [5, 5.41) is 0. The summed E-state index contributed by atoms with van der Waals surface area (Å²) < 4.78 is 5.75. The monoisotopic (exact) mass is 284 g/mol. The van der Waals surface area contributed by atoms with Gasteiger partial charge < -0.3 is 4.74 Å². The maximum Gasteiger partial charge on any atom is 0.0550 e. The SMILES string of the molecule is CCCCCCCCCCCCCCC(C)OC(C)C. The number of ether oxygens (including phenoxy) is 1. The minimum absolute atomic E-state index is 0.377. The van der Waals surface area contributed by atoms with Crippen molar-refractivity contribution < 1.29 is 4.74 Å². The third kappa shape index (κ3) is 16.0. The molecule has 0 bridgehead atoms. The Bertz CT molecular complexity index is 177. The summed E-state index contributed by atoms with van der Waals surface area (Å²) in [5.41, 5.74) is 0. The van der Waals surface area contributed by atoms with E-state index in [0.29, 0.717) is 12.2 Å². The molecule has 0 aromatic carbocycles. The lowest BCUT2D eigenvalue weighted by molar-refractivity contribution is 0.0131. The van der Waals surface area contributed by atoms with Crippen molar-refractivity contribution in [3.05, 3.63) is 0 Å². The second-order valence-electron chi connectivity index (χ2n) is 6.67. The topological polar surface area (TPSA) is 9.23 Å². The van der Waals surface area contributed by atoms with Crippen molar-refractivity contribution in [1.82, 2.24) is 0 Å². The van der Waals surface area contributed by atoms with Crippen LogP contribution in [0.25, 0.3) is 0 Å². The normalized spacial score (nSPS) is 13.1. The summed E-state index contributed by atoms with van der Waals surface area (Å²) in [4.78, 5) is 0. The Morgan fingerprint density at radius 2 is 1.00 bits per heavy atom. The van der Waals surface area contributed by atoms with Crippen molar-refractivity contribution in [2.75, 3.05) is 0 Å². The van der Waals surface area contributed by atoms with E-state index in [2.05, 4.69) is 27.7 Å². The largest absolute Gasteiger partial charge is 0.376 e. The molecule has 1 atom stereocenters. The molecule has 0 aliphatic carbocycles. The van der Waals surface area contributed by atoms with Gasteiger partial charge in [0.25, 0.3) is 0 Å². The van der Waals surface area contributed by atoms with Gasteiger partial charge in [-0.1, -0.05) is 84.0 Å². The number of hydrogen-bond donors (Lipinski definition) is 0. The fourth-order valence-electron chi connectivity index (χ4n) is 2.81. The van der Waals surface area contributed by atoms with Gasteiger partial charge in [0, 0.05) is 0 Å². The maximum atomic E-state index is 5.75. The highest BCUT2D eigenvalue weighted by Gasteiger charge is 2.03. The van der Waals surface area contributed by atoms with E-state index in [1.54, 1.807) is 0 Å². The molecule has 0 rings (SSSR count). The minimum Gasteiger partial charge on any atom is -0.376 e. The Labute approximate surface area is 128 Å². The van der Waals surface area contributed by atoms with Gasteiger partial charge in [0.15, 0.2) is 0 Å². The van der Waals surface area contributed by atoms with Crippen molar-refractivity contribution in [2.45, 2.75) is 123 Å². The summed E-state index contributed by atoms with van der Waals surface area (Å²) in [6.45, 7) is 8.74. The zero-order valence-corrected chi connectivity index (χ0v) is 14.8. The molecule has 0 aromatic heterocycles. The average molecular weight is 285 g/mol. The van der Waals surface area contributed by atoms with E-state index in [-0.39, 0.29) is 0 Å². The smallest absolute Gasteiger partial charge is 0.0550 e. The summed E-state index contributed by atoms with van der Waals surface area (Å²) in [6, 6.07) is 0. The van der Waals surface area contributed by atoms with Gasteiger partial charge in [0.1, 0.15) is 0 Å². The van der Waals surface area contributed by atoms with Crippen LogP contribution in [0.2, 0.25) is 0 Å². The maximum absolute atomic E-state index is 5.75. The first-order chi connectivity index (χ1) is 9.66. The van der Waals surface area contributed by atoms with Crippen LogP contribution in [0.4, 0.5) is 0 Å². The van der Waals surface area contributed by atoms with Gasteiger partial charge >= 0.3 is 0 Å². The molecule has 0 amide bonds. The molecule has 0 saturated heterocycles. The number of rotatable bonds is 15. The molecule has 1 unspecified atom stereocenters. The molecular formula is C19H40O. The van der Waals surface area contributed by atoms with E-state index in [1.165, 1.54) is 83.5 Å². The lowest BCUT2D eigenvalue weighted by Gasteiger charge is -2.15. The van der Waals surface area contributed by atoms with E-state index in [4.69, 9.17) is 4.74 Å². The van der Waals surface area contributed by atoms with Crippen molar-refractivity contribution in [2.24, 2.45) is 0 Å². The predicted octanol–water partition coefficient (Wildman–Crippen LogP) is 6.89. The summed E-state index contributed by atoms with van der Waals surface area (Å²) in [5.74, 6) is 0. The number of unbranched alkanes of at least 4 members (excludes halogenated alkanes) is 11. The lowest BCUT2D eigenvalue weighted by atomic mass is 10.0. The fourth-order valence-corrected chi connectivity index (χ4v) is 2.81. The van der Waals surface area contributed by atoms with Crippen LogP contribution in [0.3, 0.4) is 0 Å². The van der Waals surface area contributed by atoms with Crippen molar-refractivity contribution in [1.29, 1.82) is 0 Å². The molecule has 122 valence electrons. The standard InChI is InChI=1S/C19H40O/c1-5-6-7-8-9-10-11-12-13-14-15-16-17-19(4)20-18(2)3/h18-19H,5-17H2,1-4H3. The van der Waals surface area contributed by atoms with Crippen LogP contribution >= 0.6 is 0 Å². The second kappa shape index (κ2) is 15.4. The Morgan fingerprint density at radius 3 is 1.40 bits per heavy atom. The quantitative estimate of drug-likeness (QED) is 0.297. The lowest BCUT2D eigenvalue weighted by Crippen LogP contribution is -2.13. The van der Waals surface area contributed by atoms with E-state index in [0.717, 1.165) is 0 Å². The second-order valence-corrected chi connectivity index (χ2v) is 6.67. The average Bonchev–Trinajstić information content (AvgIpc) is 2.39. The molecule has 0 radical (unpaired) electrons. The highest BCUT2D eigenvalue weighted by atomic mass is 16.5. The molecular weight excluding hydrogens is 244 g/mol. The Kier molecular flexibility index (Phi) is 15.3. The molecule has 20 heavy (non-hydrogen) atoms. The van der Waals surface area contributed by atoms with Crippen LogP contribution in [0.1, 0.15) is 111 Å². The molecule has 0 heterocycles. The van der Waals surface area contributed by atoms with Crippen LogP contribution in [-0.4, -0.2) is 12.2 Å². The van der Waals surface area contributed by atoms with Crippen LogP contribution in [0, 0.1) is 0 Å². The molecule has 1 heteroatoms. The first-order valence-electron chi connectivity index (χ1n) is 9.32. The van der Waals surface area contributed by atoms with Crippen molar-refractivity contribution in [3.8, 4) is 0 Å². The van der Waals surface area contributed by atoms with Crippen LogP contribution in [-0.2, 0) is 4.74 Å². The van der Waals surface area contributed by atoms with E-state index < -0.39 is 0 Å². The molecule has 0 saturated carbocycles. The molecule has 0 aliphatic heterocycles. The van der Waals surface area contributed by atoms with Gasteiger partial charge in [0.05, 0.1) is 12.2 Å². The number of hydrogen-bond acceptors (Lipinski definition) is 1. The third-order valence-corrected chi connectivity index (χ3v) is 3.97. The first kappa shape index (κ1) is 20.0. The van der Waals surface area contributed by atoms with Gasteiger partial charge in [0.2, 0.25) is 0 Å². The van der Waals surface area contributed by atoms with Crippen molar-refractivity contribution in [3.63, 3.8) is 0 Å². The van der Waals surface area contributed by atoms with E-state index >= 15 is 0 Å². The first-order valence-corrected chi connectivity index (χ1v) is 9.32. The molecule has 0 aliphatic rings. The van der Waals surface area contributed by atoms with Gasteiger partial charge in [-0.2, -0.15) is 0 Å². The Balaban J connectivity index is 3.06. The highest BCUT2D eigenvalue weighted by Crippen LogP contribution is 2.13. The third-order valence-electron chi connectivity index (χ3n) is 3.97. The zero-order valence-electron chi connectivity index (χ0n) is 14.8. The molecule has 0 N–H and O–H groups in total.